The normalized spacial score (nSPS) is 16.6. The number of aromatic nitrogens is 3. The largest absolute Gasteiger partial charge is 0.423 e. The molecule has 0 radical (unpaired) electrons. The van der Waals surface area contributed by atoms with Crippen molar-refractivity contribution in [3.63, 3.8) is 0 Å². The van der Waals surface area contributed by atoms with E-state index in [1.165, 1.54) is 29.9 Å². The summed E-state index contributed by atoms with van der Waals surface area (Å²) in [5.74, 6) is 0.738. The van der Waals surface area contributed by atoms with Crippen molar-refractivity contribution >= 4 is 34.5 Å². The molecular formula is C37H34FN5O4S. The van der Waals surface area contributed by atoms with E-state index in [4.69, 9.17) is 9.15 Å². The van der Waals surface area contributed by atoms with Crippen molar-refractivity contribution in [1.29, 1.82) is 0 Å². The summed E-state index contributed by atoms with van der Waals surface area (Å²) in [7, 11) is 0. The van der Waals surface area contributed by atoms with Crippen LogP contribution in [0.5, 0.6) is 0 Å². The molecule has 48 heavy (non-hydrogen) atoms. The highest BCUT2D eigenvalue weighted by molar-refractivity contribution is 7.19. The van der Waals surface area contributed by atoms with Crippen LogP contribution < -0.4 is 9.80 Å². The molecule has 3 aliphatic heterocycles. The second kappa shape index (κ2) is 12.7. The summed E-state index contributed by atoms with van der Waals surface area (Å²) < 4.78 is 25.5. The lowest BCUT2D eigenvalue weighted by Crippen LogP contribution is -2.59. The molecule has 1 amide bonds. The first-order valence-electron chi connectivity index (χ1n) is 16.4. The number of ether oxygens (including phenoxy) is 1. The van der Waals surface area contributed by atoms with Crippen molar-refractivity contribution in [2.24, 2.45) is 5.41 Å². The number of amides is 1. The van der Waals surface area contributed by atoms with Crippen LogP contribution in [0.25, 0.3) is 21.2 Å². The van der Waals surface area contributed by atoms with E-state index in [9.17, 15) is 14.0 Å². The van der Waals surface area contributed by atoms with Gasteiger partial charge in [0.25, 0.3) is 11.8 Å². The summed E-state index contributed by atoms with van der Waals surface area (Å²) in [6, 6.07) is 17.8. The number of hydrogen-bond donors (Lipinski definition) is 0. The number of hydrogen-bond acceptors (Lipinski definition) is 9. The zero-order valence-corrected chi connectivity index (χ0v) is 27.2. The van der Waals surface area contributed by atoms with E-state index >= 15 is 0 Å². The number of fused-ring (bicyclic) bond motifs is 3. The highest BCUT2D eigenvalue weighted by Gasteiger charge is 2.45. The number of benzene rings is 2. The van der Waals surface area contributed by atoms with Gasteiger partial charge in [0, 0.05) is 66.9 Å². The summed E-state index contributed by atoms with van der Waals surface area (Å²) in [5, 5.41) is 7.81. The lowest BCUT2D eigenvalue weighted by Gasteiger charge is -2.53. The number of ketones is 1. The van der Waals surface area contributed by atoms with Crippen LogP contribution in [-0.4, -0.2) is 59.7 Å². The summed E-state index contributed by atoms with van der Waals surface area (Å²) >= 11 is 1.49. The Labute approximate surface area is 281 Å². The second-order valence-corrected chi connectivity index (χ2v) is 13.9. The van der Waals surface area contributed by atoms with Crippen LogP contribution in [0.2, 0.25) is 0 Å². The first kappa shape index (κ1) is 30.6. The van der Waals surface area contributed by atoms with E-state index in [0.29, 0.717) is 60.3 Å². The number of nitrogens with zero attached hydrogens (tertiary/aromatic N) is 5. The molecule has 3 aliphatic rings. The monoisotopic (exact) mass is 663 g/mol. The van der Waals surface area contributed by atoms with Gasteiger partial charge in [-0.3, -0.25) is 9.59 Å². The molecule has 2 aromatic carbocycles. The molecule has 0 unspecified atom stereocenters. The lowest BCUT2D eigenvalue weighted by molar-refractivity contribution is -0.000514. The van der Waals surface area contributed by atoms with E-state index in [-0.39, 0.29) is 11.7 Å². The smallest absolute Gasteiger partial charge is 0.258 e. The molecule has 0 bridgehead atoms. The first-order valence-corrected chi connectivity index (χ1v) is 17.2. The molecule has 5 aromatic rings. The maximum atomic E-state index is 14.6. The van der Waals surface area contributed by atoms with E-state index in [1.807, 2.05) is 42.5 Å². The van der Waals surface area contributed by atoms with Crippen molar-refractivity contribution < 1.29 is 23.1 Å². The Kier molecular flexibility index (Phi) is 8.09. The number of rotatable bonds is 8. The molecule has 0 N–H and O–H groups in total. The Morgan fingerprint density at radius 1 is 1.02 bits per heavy atom. The van der Waals surface area contributed by atoms with Gasteiger partial charge < -0.3 is 19.0 Å². The Hall–Kier alpha value is -4.74. The highest BCUT2D eigenvalue weighted by Crippen LogP contribution is 2.45. The van der Waals surface area contributed by atoms with Crippen molar-refractivity contribution in [1.82, 2.24) is 15.2 Å². The number of carbonyl (C=O) groups is 2. The fraction of sp³-hybridized carbons (Fsp3) is 0.324. The van der Waals surface area contributed by atoms with Crippen LogP contribution in [-0.2, 0) is 17.6 Å². The fourth-order valence-corrected chi connectivity index (χ4v) is 8.34. The molecule has 9 nitrogen and oxygen atoms in total. The zero-order chi connectivity index (χ0) is 32.7. The van der Waals surface area contributed by atoms with Crippen LogP contribution in [0.1, 0.15) is 57.5 Å². The first-order chi connectivity index (χ1) is 23.5. The summed E-state index contributed by atoms with van der Waals surface area (Å²) in [4.78, 5) is 37.4. The Morgan fingerprint density at radius 3 is 2.65 bits per heavy atom. The van der Waals surface area contributed by atoms with Gasteiger partial charge in [0.15, 0.2) is 5.78 Å². The molecule has 8 rings (SSSR count). The number of pyridine rings is 1. The topological polar surface area (TPSA) is 102 Å². The van der Waals surface area contributed by atoms with Gasteiger partial charge in [0.05, 0.1) is 16.1 Å². The minimum atomic E-state index is -0.403. The standard InChI is InChI=1S/C37H34FN5O4S/c38-27-10-11-28-30(20-27)43(16-12-26-19-32(48-33(26)28)35-41-40-23-47-35)36(45)25-8-6-24(7-9-25)3-1-5-31(44)29-4-2-15-39-34(29)42-21-37(22-42)13-17-46-18-14-37/h2,4,6-11,15,19-20,23H,1,3,5,12-14,16-18,21-22H2. The van der Waals surface area contributed by atoms with Gasteiger partial charge >= 0.3 is 0 Å². The molecule has 11 heteroatoms. The molecule has 1 spiro atoms. The Morgan fingerprint density at radius 2 is 1.85 bits per heavy atom. The highest BCUT2D eigenvalue weighted by atomic mass is 32.1. The molecule has 0 atom stereocenters. The van der Waals surface area contributed by atoms with Gasteiger partial charge in [0.2, 0.25) is 6.39 Å². The van der Waals surface area contributed by atoms with E-state index < -0.39 is 5.82 Å². The fourth-order valence-electron chi connectivity index (χ4n) is 7.17. The number of thiophene rings is 1. The quantitative estimate of drug-likeness (QED) is 0.163. The van der Waals surface area contributed by atoms with Gasteiger partial charge in [-0.25, -0.2) is 9.37 Å². The Bertz CT molecular complexity index is 1960. The summed E-state index contributed by atoms with van der Waals surface area (Å²) in [5.41, 5.74) is 4.94. The maximum absolute atomic E-state index is 14.6. The minimum Gasteiger partial charge on any atom is -0.423 e. The average molecular weight is 664 g/mol. The van der Waals surface area contributed by atoms with Crippen LogP contribution in [0.4, 0.5) is 15.9 Å². The molecular weight excluding hydrogens is 630 g/mol. The van der Waals surface area contributed by atoms with Crippen molar-refractivity contribution in [3.05, 3.63) is 101 Å². The Balaban J connectivity index is 0.919. The third kappa shape index (κ3) is 5.81. The number of anilines is 2. The zero-order valence-electron chi connectivity index (χ0n) is 26.4. The van der Waals surface area contributed by atoms with Crippen LogP contribution in [0.15, 0.2) is 77.7 Å². The van der Waals surface area contributed by atoms with Gasteiger partial charge in [-0.2, -0.15) is 0 Å². The average Bonchev–Trinajstić information content (AvgIpc) is 3.76. The third-order valence-electron chi connectivity index (χ3n) is 9.79. The number of aryl methyl sites for hydroxylation is 1. The van der Waals surface area contributed by atoms with Gasteiger partial charge in [0.1, 0.15) is 11.6 Å². The van der Waals surface area contributed by atoms with Crippen molar-refractivity contribution in [2.75, 3.05) is 42.6 Å². The molecule has 2 saturated heterocycles. The number of Topliss-reactive ketones (excluding diaryl/α,β-unsaturated/α-hetero) is 1. The van der Waals surface area contributed by atoms with E-state index in [0.717, 1.165) is 71.4 Å². The van der Waals surface area contributed by atoms with E-state index in [1.54, 1.807) is 17.2 Å². The SMILES string of the molecule is O=C(CCCc1ccc(C(=O)N2CCc3cc(-c4nnco4)sc3-c3ccc(F)cc32)cc1)c1cccnc1N1CC2(CCOCC2)C1. The molecule has 244 valence electrons. The molecule has 3 aromatic heterocycles. The number of carbonyl (C=O) groups excluding carboxylic acids is 2. The van der Waals surface area contributed by atoms with E-state index in [2.05, 4.69) is 20.1 Å². The summed E-state index contributed by atoms with van der Waals surface area (Å²) in [6.45, 7) is 3.87. The second-order valence-electron chi connectivity index (χ2n) is 12.9. The summed E-state index contributed by atoms with van der Waals surface area (Å²) in [6.07, 6.45) is 7.60. The molecule has 2 fully saturated rings. The number of halogens is 1. The van der Waals surface area contributed by atoms with Crippen LogP contribution in [0.3, 0.4) is 0 Å². The molecule has 6 heterocycles. The predicted molar refractivity (Wildman–Crippen MR) is 181 cm³/mol. The third-order valence-corrected chi connectivity index (χ3v) is 11.0. The molecule has 0 saturated carbocycles. The van der Waals surface area contributed by atoms with Crippen molar-refractivity contribution in [3.8, 4) is 21.2 Å². The van der Waals surface area contributed by atoms with Crippen LogP contribution >= 0.6 is 11.3 Å². The molecule has 0 aliphatic carbocycles. The predicted octanol–water partition coefficient (Wildman–Crippen LogP) is 7.02. The lowest BCUT2D eigenvalue weighted by atomic mass is 9.73. The van der Waals surface area contributed by atoms with Gasteiger partial charge in [-0.15, -0.1) is 21.5 Å². The minimum absolute atomic E-state index is 0.0996. The van der Waals surface area contributed by atoms with Gasteiger partial charge in [-0.1, -0.05) is 12.1 Å². The maximum Gasteiger partial charge on any atom is 0.258 e. The van der Waals surface area contributed by atoms with Crippen molar-refractivity contribution in [2.45, 2.75) is 38.5 Å². The van der Waals surface area contributed by atoms with Gasteiger partial charge in [-0.05, 0) is 91.8 Å². The van der Waals surface area contributed by atoms with Crippen LogP contribution in [0, 0.1) is 11.2 Å².